The lowest BCUT2D eigenvalue weighted by molar-refractivity contribution is -0.145. The third kappa shape index (κ3) is 6.91. The van der Waals surface area contributed by atoms with Crippen molar-refractivity contribution in [3.63, 3.8) is 0 Å². The second-order valence-electron chi connectivity index (χ2n) is 5.62. The maximum atomic E-state index is 12.0. The molecule has 0 heterocycles. The summed E-state index contributed by atoms with van der Waals surface area (Å²) >= 11 is 0. The summed E-state index contributed by atoms with van der Waals surface area (Å²) in [6.45, 7) is 3.29. The molecule has 2 aromatic rings. The van der Waals surface area contributed by atoms with E-state index in [0.29, 0.717) is 23.6 Å². The van der Waals surface area contributed by atoms with Gasteiger partial charge in [-0.2, -0.15) is 5.10 Å². The van der Waals surface area contributed by atoms with Crippen molar-refractivity contribution in [3.8, 4) is 5.75 Å². The largest absolute Gasteiger partial charge is 0.482 e. The Kier molecular flexibility index (Phi) is 7.71. The van der Waals surface area contributed by atoms with E-state index >= 15 is 0 Å². The number of nitrogens with zero attached hydrogens (tertiary/aromatic N) is 1. The average molecular weight is 383 g/mol. The minimum atomic E-state index is -0.430. The highest BCUT2D eigenvalue weighted by atomic mass is 16.6. The van der Waals surface area contributed by atoms with E-state index in [1.165, 1.54) is 13.1 Å². The molecule has 0 spiro atoms. The van der Waals surface area contributed by atoms with Crippen LogP contribution in [0.2, 0.25) is 0 Å². The van der Waals surface area contributed by atoms with E-state index in [1.54, 1.807) is 55.5 Å². The van der Waals surface area contributed by atoms with Gasteiger partial charge in [0, 0.05) is 18.2 Å². The summed E-state index contributed by atoms with van der Waals surface area (Å²) in [5.74, 6) is -0.464. The first-order valence-electron chi connectivity index (χ1n) is 8.57. The fraction of sp³-hybridized carbons (Fsp3) is 0.200. The molecular formula is C20H21N3O5. The van der Waals surface area contributed by atoms with E-state index in [9.17, 15) is 14.4 Å². The number of rotatable bonds is 8. The van der Waals surface area contributed by atoms with E-state index in [0.717, 1.165) is 5.56 Å². The maximum absolute atomic E-state index is 12.0. The summed E-state index contributed by atoms with van der Waals surface area (Å²) in [4.78, 5) is 34.3. The molecule has 0 aliphatic rings. The molecule has 8 heteroatoms. The Morgan fingerprint density at radius 1 is 1.04 bits per heavy atom. The Labute approximate surface area is 162 Å². The van der Waals surface area contributed by atoms with E-state index in [2.05, 4.69) is 15.8 Å². The van der Waals surface area contributed by atoms with Crippen molar-refractivity contribution in [2.75, 3.05) is 18.5 Å². The van der Waals surface area contributed by atoms with E-state index < -0.39 is 5.97 Å². The molecule has 2 N–H and O–H groups in total. The number of esters is 1. The number of hydrogen-bond acceptors (Lipinski definition) is 6. The van der Waals surface area contributed by atoms with E-state index in [4.69, 9.17) is 9.47 Å². The number of carbonyl (C=O) groups is 3. The molecule has 146 valence electrons. The van der Waals surface area contributed by atoms with Crippen LogP contribution in [-0.4, -0.2) is 37.2 Å². The molecule has 0 aromatic heterocycles. The van der Waals surface area contributed by atoms with Gasteiger partial charge in [0.1, 0.15) is 5.75 Å². The fourth-order valence-electron chi connectivity index (χ4n) is 2.13. The Morgan fingerprint density at radius 2 is 1.71 bits per heavy atom. The van der Waals surface area contributed by atoms with Crippen LogP contribution in [0.1, 0.15) is 29.8 Å². The minimum Gasteiger partial charge on any atom is -0.482 e. The quantitative estimate of drug-likeness (QED) is 0.413. The summed E-state index contributed by atoms with van der Waals surface area (Å²) in [5, 5.41) is 6.53. The van der Waals surface area contributed by atoms with Crippen LogP contribution in [0.5, 0.6) is 5.75 Å². The zero-order chi connectivity index (χ0) is 20.4. The molecular weight excluding hydrogens is 362 g/mol. The molecule has 0 aliphatic heterocycles. The van der Waals surface area contributed by atoms with Gasteiger partial charge in [0.05, 0.1) is 12.8 Å². The molecule has 0 unspecified atom stereocenters. The van der Waals surface area contributed by atoms with Crippen molar-refractivity contribution in [2.24, 2.45) is 5.10 Å². The van der Waals surface area contributed by atoms with Gasteiger partial charge in [-0.15, -0.1) is 0 Å². The van der Waals surface area contributed by atoms with Gasteiger partial charge in [-0.1, -0.05) is 0 Å². The first-order chi connectivity index (χ1) is 13.5. The van der Waals surface area contributed by atoms with Crippen molar-refractivity contribution in [2.45, 2.75) is 13.8 Å². The van der Waals surface area contributed by atoms with E-state index in [-0.39, 0.29) is 18.4 Å². The molecule has 0 saturated heterocycles. The van der Waals surface area contributed by atoms with Crippen molar-refractivity contribution >= 4 is 29.7 Å². The zero-order valence-corrected chi connectivity index (χ0v) is 15.6. The summed E-state index contributed by atoms with van der Waals surface area (Å²) < 4.78 is 10.1. The highest BCUT2D eigenvalue weighted by Crippen LogP contribution is 2.11. The number of nitrogens with one attached hydrogen (secondary N) is 2. The molecule has 2 rings (SSSR count). The lowest BCUT2D eigenvalue weighted by Crippen LogP contribution is -2.17. The van der Waals surface area contributed by atoms with Crippen molar-refractivity contribution in [1.82, 2.24) is 5.43 Å². The van der Waals surface area contributed by atoms with Gasteiger partial charge in [-0.3, -0.25) is 9.59 Å². The van der Waals surface area contributed by atoms with Gasteiger partial charge in [0.15, 0.2) is 6.61 Å². The number of hydrogen-bond donors (Lipinski definition) is 2. The predicted octanol–water partition coefficient (Wildman–Crippen LogP) is 2.35. The topological polar surface area (TPSA) is 106 Å². The van der Waals surface area contributed by atoms with Crippen LogP contribution in [0.15, 0.2) is 53.6 Å². The SMILES string of the molecule is CCOC(=O)COc1ccc(C=NNC(=O)c2ccc(NC(C)=O)cc2)cc1. The highest BCUT2D eigenvalue weighted by Gasteiger charge is 2.05. The predicted molar refractivity (Wildman–Crippen MR) is 104 cm³/mol. The average Bonchev–Trinajstić information content (AvgIpc) is 2.67. The van der Waals surface area contributed by atoms with Crippen LogP contribution < -0.4 is 15.5 Å². The Bertz CT molecular complexity index is 845. The van der Waals surface area contributed by atoms with E-state index in [1.807, 2.05) is 0 Å². The van der Waals surface area contributed by atoms with Crippen molar-refractivity contribution in [3.05, 3.63) is 59.7 Å². The van der Waals surface area contributed by atoms with Gasteiger partial charge in [0.2, 0.25) is 5.91 Å². The number of benzene rings is 2. The molecule has 0 saturated carbocycles. The fourth-order valence-corrected chi connectivity index (χ4v) is 2.13. The molecule has 28 heavy (non-hydrogen) atoms. The van der Waals surface area contributed by atoms with Gasteiger partial charge in [-0.25, -0.2) is 10.2 Å². The normalized spacial score (nSPS) is 10.4. The number of hydrazone groups is 1. The monoisotopic (exact) mass is 383 g/mol. The standard InChI is InChI=1S/C20H21N3O5/c1-3-27-19(25)13-28-18-10-4-15(5-11-18)12-21-23-20(26)16-6-8-17(9-7-16)22-14(2)24/h4-12H,3,13H2,1-2H3,(H,22,24)(H,23,26). The number of amides is 2. The van der Waals surface area contributed by atoms with Gasteiger partial charge in [0.25, 0.3) is 5.91 Å². The third-order valence-electron chi connectivity index (χ3n) is 3.39. The van der Waals surface area contributed by atoms with Crippen LogP contribution in [0, 0.1) is 0 Å². The Balaban J connectivity index is 1.84. The number of anilines is 1. The summed E-state index contributed by atoms with van der Waals surface area (Å²) in [6, 6.07) is 13.3. The number of ether oxygens (including phenoxy) is 2. The molecule has 0 aliphatic carbocycles. The minimum absolute atomic E-state index is 0.155. The van der Waals surface area contributed by atoms with Crippen LogP contribution in [0.25, 0.3) is 0 Å². The Hall–Kier alpha value is -3.68. The second kappa shape index (κ2) is 10.5. The molecule has 2 aromatic carbocycles. The summed E-state index contributed by atoms with van der Waals surface area (Å²) in [6.07, 6.45) is 1.48. The lowest BCUT2D eigenvalue weighted by atomic mass is 10.2. The Morgan fingerprint density at radius 3 is 2.32 bits per heavy atom. The van der Waals surface area contributed by atoms with Crippen LogP contribution in [0.4, 0.5) is 5.69 Å². The van der Waals surface area contributed by atoms with Crippen LogP contribution >= 0.6 is 0 Å². The molecule has 2 amide bonds. The lowest BCUT2D eigenvalue weighted by Gasteiger charge is -2.05. The van der Waals surface area contributed by atoms with Crippen molar-refractivity contribution in [1.29, 1.82) is 0 Å². The van der Waals surface area contributed by atoms with Gasteiger partial charge < -0.3 is 14.8 Å². The smallest absolute Gasteiger partial charge is 0.344 e. The summed E-state index contributed by atoms with van der Waals surface area (Å²) in [7, 11) is 0. The maximum Gasteiger partial charge on any atom is 0.344 e. The molecule has 0 atom stereocenters. The van der Waals surface area contributed by atoms with Crippen molar-refractivity contribution < 1.29 is 23.9 Å². The highest BCUT2D eigenvalue weighted by molar-refractivity contribution is 5.96. The van der Waals surface area contributed by atoms with Crippen LogP contribution in [0.3, 0.4) is 0 Å². The first-order valence-corrected chi connectivity index (χ1v) is 8.57. The zero-order valence-electron chi connectivity index (χ0n) is 15.6. The molecule has 0 radical (unpaired) electrons. The molecule has 0 bridgehead atoms. The third-order valence-corrected chi connectivity index (χ3v) is 3.39. The summed E-state index contributed by atoms with van der Waals surface area (Å²) in [5.41, 5.74) is 4.19. The van der Waals surface area contributed by atoms with Gasteiger partial charge in [-0.05, 0) is 61.0 Å². The van der Waals surface area contributed by atoms with Gasteiger partial charge >= 0.3 is 5.97 Å². The molecule has 8 nitrogen and oxygen atoms in total. The number of carbonyl (C=O) groups excluding carboxylic acids is 3. The second-order valence-corrected chi connectivity index (χ2v) is 5.62. The first kappa shape index (κ1) is 20.6. The molecule has 0 fully saturated rings. The van der Waals surface area contributed by atoms with Crippen LogP contribution in [-0.2, 0) is 14.3 Å².